The van der Waals surface area contributed by atoms with Gasteiger partial charge in [-0.25, -0.2) is 0 Å². The van der Waals surface area contributed by atoms with Crippen LogP contribution >= 0.6 is 23.4 Å². The van der Waals surface area contributed by atoms with Crippen LogP contribution in [0.5, 0.6) is 0 Å². The SMILES string of the molecule is CCSCCCC(CNCC(C)C)Cc1ccc(Cl)cc1. The van der Waals surface area contributed by atoms with Crippen LogP contribution < -0.4 is 5.32 Å². The Labute approximate surface area is 140 Å². The van der Waals surface area contributed by atoms with Gasteiger partial charge in [0.1, 0.15) is 0 Å². The highest BCUT2D eigenvalue weighted by Gasteiger charge is 2.10. The molecule has 1 atom stereocenters. The van der Waals surface area contributed by atoms with Crippen LogP contribution in [0.2, 0.25) is 5.02 Å². The minimum absolute atomic E-state index is 0.719. The van der Waals surface area contributed by atoms with Crippen LogP contribution in [0.15, 0.2) is 24.3 Å². The standard InChI is InChI=1S/C18H30ClNS/c1-4-21-11-5-6-17(14-20-13-15(2)3)12-16-7-9-18(19)10-8-16/h7-10,15,17,20H,4-6,11-14H2,1-3H3. The van der Waals surface area contributed by atoms with Crippen molar-refractivity contribution >= 4 is 23.4 Å². The summed E-state index contributed by atoms with van der Waals surface area (Å²) in [6.07, 6.45) is 3.78. The van der Waals surface area contributed by atoms with Crippen LogP contribution in [0, 0.1) is 11.8 Å². The summed E-state index contributed by atoms with van der Waals surface area (Å²) >= 11 is 8.02. The number of rotatable bonds is 11. The maximum atomic E-state index is 5.97. The molecule has 1 N–H and O–H groups in total. The molecule has 0 aromatic heterocycles. The van der Waals surface area contributed by atoms with Crippen molar-refractivity contribution in [3.05, 3.63) is 34.9 Å². The number of halogens is 1. The summed E-state index contributed by atoms with van der Waals surface area (Å²) in [7, 11) is 0. The molecule has 0 aliphatic rings. The molecule has 21 heavy (non-hydrogen) atoms. The van der Waals surface area contributed by atoms with Gasteiger partial charge >= 0.3 is 0 Å². The third kappa shape index (κ3) is 9.44. The first-order chi connectivity index (χ1) is 10.1. The van der Waals surface area contributed by atoms with E-state index in [1.807, 2.05) is 23.9 Å². The van der Waals surface area contributed by atoms with Crippen LogP contribution in [0.3, 0.4) is 0 Å². The molecule has 0 heterocycles. The lowest BCUT2D eigenvalue weighted by Crippen LogP contribution is -2.27. The molecule has 0 fully saturated rings. The lowest BCUT2D eigenvalue weighted by molar-refractivity contribution is 0.422. The second-order valence-corrected chi connectivity index (χ2v) is 7.92. The highest BCUT2D eigenvalue weighted by atomic mass is 35.5. The molecule has 1 nitrogen and oxygen atoms in total. The monoisotopic (exact) mass is 327 g/mol. The van der Waals surface area contributed by atoms with Gasteiger partial charge in [-0.15, -0.1) is 0 Å². The van der Waals surface area contributed by atoms with E-state index in [-0.39, 0.29) is 0 Å². The van der Waals surface area contributed by atoms with Crippen molar-refractivity contribution in [2.24, 2.45) is 11.8 Å². The highest BCUT2D eigenvalue weighted by Crippen LogP contribution is 2.18. The molecule has 0 aliphatic heterocycles. The predicted molar refractivity (Wildman–Crippen MR) is 98.6 cm³/mol. The Morgan fingerprint density at radius 2 is 1.86 bits per heavy atom. The average Bonchev–Trinajstić information content (AvgIpc) is 2.45. The van der Waals surface area contributed by atoms with E-state index in [4.69, 9.17) is 11.6 Å². The van der Waals surface area contributed by atoms with E-state index in [1.165, 1.54) is 29.9 Å². The van der Waals surface area contributed by atoms with Crippen molar-refractivity contribution in [3.63, 3.8) is 0 Å². The van der Waals surface area contributed by atoms with E-state index < -0.39 is 0 Å². The van der Waals surface area contributed by atoms with E-state index >= 15 is 0 Å². The lowest BCUT2D eigenvalue weighted by Gasteiger charge is -2.19. The quantitative estimate of drug-likeness (QED) is 0.555. The number of hydrogen-bond acceptors (Lipinski definition) is 2. The zero-order valence-electron chi connectivity index (χ0n) is 13.7. The fraction of sp³-hybridized carbons (Fsp3) is 0.667. The van der Waals surface area contributed by atoms with Crippen LogP contribution in [0.1, 0.15) is 39.2 Å². The minimum atomic E-state index is 0.719. The first kappa shape index (κ1) is 18.9. The van der Waals surface area contributed by atoms with Crippen molar-refractivity contribution < 1.29 is 0 Å². The molecule has 0 bridgehead atoms. The van der Waals surface area contributed by atoms with E-state index in [0.717, 1.165) is 36.4 Å². The number of thioether (sulfide) groups is 1. The molecule has 1 aromatic rings. The minimum Gasteiger partial charge on any atom is -0.316 e. The second-order valence-electron chi connectivity index (χ2n) is 6.09. The van der Waals surface area contributed by atoms with Gasteiger partial charge in [0.05, 0.1) is 0 Å². The van der Waals surface area contributed by atoms with Crippen LogP contribution in [0.25, 0.3) is 0 Å². The van der Waals surface area contributed by atoms with Crippen LogP contribution in [0.4, 0.5) is 0 Å². The molecule has 3 heteroatoms. The van der Waals surface area contributed by atoms with E-state index in [9.17, 15) is 0 Å². The summed E-state index contributed by atoms with van der Waals surface area (Å²) < 4.78 is 0. The Balaban J connectivity index is 2.43. The summed E-state index contributed by atoms with van der Waals surface area (Å²) in [5, 5.41) is 4.45. The van der Waals surface area contributed by atoms with Crippen molar-refractivity contribution in [2.45, 2.75) is 40.0 Å². The third-order valence-electron chi connectivity index (χ3n) is 3.53. The third-order valence-corrected chi connectivity index (χ3v) is 4.77. The maximum Gasteiger partial charge on any atom is 0.0406 e. The molecule has 1 rings (SSSR count). The summed E-state index contributed by atoms with van der Waals surface area (Å²) in [5.41, 5.74) is 1.40. The van der Waals surface area contributed by atoms with Crippen molar-refractivity contribution in [2.75, 3.05) is 24.6 Å². The fourth-order valence-electron chi connectivity index (χ4n) is 2.42. The molecule has 0 spiro atoms. The smallest absolute Gasteiger partial charge is 0.0406 e. The summed E-state index contributed by atoms with van der Waals surface area (Å²) in [6, 6.07) is 8.34. The topological polar surface area (TPSA) is 12.0 Å². The molecule has 120 valence electrons. The lowest BCUT2D eigenvalue weighted by atomic mass is 9.95. The van der Waals surface area contributed by atoms with Crippen molar-refractivity contribution in [3.8, 4) is 0 Å². The van der Waals surface area contributed by atoms with Gasteiger partial charge in [-0.05, 0) is 73.4 Å². The predicted octanol–water partition coefficient (Wildman–Crippen LogP) is 5.28. The van der Waals surface area contributed by atoms with Gasteiger partial charge in [0.25, 0.3) is 0 Å². The van der Waals surface area contributed by atoms with Gasteiger partial charge < -0.3 is 5.32 Å². The average molecular weight is 328 g/mol. The molecule has 0 amide bonds. The van der Waals surface area contributed by atoms with Crippen molar-refractivity contribution in [1.82, 2.24) is 5.32 Å². The number of nitrogens with one attached hydrogen (secondary N) is 1. The van der Waals surface area contributed by atoms with E-state index in [2.05, 4.69) is 38.2 Å². The molecular weight excluding hydrogens is 298 g/mol. The number of hydrogen-bond donors (Lipinski definition) is 1. The van der Waals surface area contributed by atoms with Gasteiger partial charge in [0.15, 0.2) is 0 Å². The largest absolute Gasteiger partial charge is 0.316 e. The number of benzene rings is 1. The highest BCUT2D eigenvalue weighted by molar-refractivity contribution is 7.99. The molecule has 0 aliphatic carbocycles. The molecule has 1 unspecified atom stereocenters. The van der Waals surface area contributed by atoms with Gasteiger partial charge in [0.2, 0.25) is 0 Å². The second kappa shape index (κ2) is 11.4. The van der Waals surface area contributed by atoms with Gasteiger partial charge in [0, 0.05) is 5.02 Å². The van der Waals surface area contributed by atoms with Gasteiger partial charge in [-0.3, -0.25) is 0 Å². The van der Waals surface area contributed by atoms with Crippen LogP contribution in [-0.2, 0) is 6.42 Å². The van der Waals surface area contributed by atoms with Crippen molar-refractivity contribution in [1.29, 1.82) is 0 Å². The fourth-order valence-corrected chi connectivity index (χ4v) is 3.21. The zero-order valence-corrected chi connectivity index (χ0v) is 15.3. The summed E-state index contributed by atoms with van der Waals surface area (Å²) in [4.78, 5) is 0. The summed E-state index contributed by atoms with van der Waals surface area (Å²) in [6.45, 7) is 9.00. The molecular formula is C18H30ClNS. The van der Waals surface area contributed by atoms with Gasteiger partial charge in [-0.1, -0.05) is 44.5 Å². The Morgan fingerprint density at radius 1 is 1.14 bits per heavy atom. The molecule has 0 saturated carbocycles. The Hall–Kier alpha value is -0.180. The first-order valence-electron chi connectivity index (χ1n) is 8.14. The Morgan fingerprint density at radius 3 is 2.48 bits per heavy atom. The molecule has 0 radical (unpaired) electrons. The first-order valence-corrected chi connectivity index (χ1v) is 9.68. The summed E-state index contributed by atoms with van der Waals surface area (Å²) in [5.74, 6) is 3.96. The maximum absolute atomic E-state index is 5.97. The van der Waals surface area contributed by atoms with E-state index in [1.54, 1.807) is 0 Å². The van der Waals surface area contributed by atoms with Gasteiger partial charge in [-0.2, -0.15) is 11.8 Å². The zero-order chi connectivity index (χ0) is 15.5. The normalized spacial score (nSPS) is 12.8. The Kier molecular flexibility index (Phi) is 10.2. The van der Waals surface area contributed by atoms with E-state index in [0.29, 0.717) is 0 Å². The molecule has 0 saturated heterocycles. The Bertz CT molecular complexity index is 364. The van der Waals surface area contributed by atoms with Crippen LogP contribution in [-0.4, -0.2) is 24.6 Å². The molecule has 1 aromatic carbocycles.